The van der Waals surface area contributed by atoms with Crippen LogP contribution in [0, 0.1) is 5.92 Å². The summed E-state index contributed by atoms with van der Waals surface area (Å²) in [6, 6.07) is 2.02. The molecule has 1 aliphatic carbocycles. The molecule has 0 aliphatic heterocycles. The third kappa shape index (κ3) is 2.82. The summed E-state index contributed by atoms with van der Waals surface area (Å²) >= 11 is 0. The molecule has 1 amide bonds. The molecular formula is C11H17N3O2. The van der Waals surface area contributed by atoms with Crippen LogP contribution in [0.1, 0.15) is 31.4 Å². The topological polar surface area (TPSA) is 81.2 Å². The van der Waals surface area contributed by atoms with E-state index >= 15 is 0 Å². The second-order valence-corrected chi connectivity index (χ2v) is 4.32. The van der Waals surface area contributed by atoms with Crippen molar-refractivity contribution in [3.05, 3.63) is 18.0 Å². The lowest BCUT2D eigenvalue weighted by Crippen LogP contribution is -2.35. The Kier molecular flexibility index (Phi) is 3.56. The van der Waals surface area contributed by atoms with Crippen LogP contribution < -0.4 is 11.1 Å². The Balaban J connectivity index is 1.75. The van der Waals surface area contributed by atoms with Gasteiger partial charge < -0.3 is 15.6 Å². The Bertz CT molecular complexity index is 329. The van der Waals surface area contributed by atoms with Gasteiger partial charge in [-0.1, -0.05) is 5.16 Å². The van der Waals surface area contributed by atoms with E-state index in [9.17, 15) is 4.79 Å². The van der Waals surface area contributed by atoms with Crippen molar-refractivity contribution in [2.24, 2.45) is 11.7 Å². The summed E-state index contributed by atoms with van der Waals surface area (Å²) in [5, 5.41) is 6.60. The van der Waals surface area contributed by atoms with Crippen molar-refractivity contribution in [1.82, 2.24) is 10.5 Å². The van der Waals surface area contributed by atoms with E-state index in [1.54, 1.807) is 6.07 Å². The summed E-state index contributed by atoms with van der Waals surface area (Å²) < 4.78 is 4.69. The van der Waals surface area contributed by atoms with E-state index in [0.29, 0.717) is 6.54 Å². The molecule has 0 aromatic carbocycles. The first-order valence-corrected chi connectivity index (χ1v) is 5.68. The van der Waals surface area contributed by atoms with Crippen molar-refractivity contribution in [2.75, 3.05) is 0 Å². The van der Waals surface area contributed by atoms with Gasteiger partial charge in [0, 0.05) is 18.0 Å². The molecule has 1 saturated carbocycles. The Morgan fingerprint density at radius 1 is 1.50 bits per heavy atom. The van der Waals surface area contributed by atoms with Crippen molar-refractivity contribution in [1.29, 1.82) is 0 Å². The largest absolute Gasteiger partial charge is 0.364 e. The van der Waals surface area contributed by atoms with Crippen LogP contribution in [0.4, 0.5) is 0 Å². The Labute approximate surface area is 94.4 Å². The highest BCUT2D eigenvalue weighted by Gasteiger charge is 2.24. The van der Waals surface area contributed by atoms with E-state index in [2.05, 4.69) is 15.0 Å². The quantitative estimate of drug-likeness (QED) is 0.794. The van der Waals surface area contributed by atoms with Crippen LogP contribution in [0.3, 0.4) is 0 Å². The summed E-state index contributed by atoms with van der Waals surface area (Å²) in [6.45, 7) is 0.442. The number of carbonyl (C=O) groups is 1. The molecule has 0 spiro atoms. The molecule has 0 radical (unpaired) electrons. The maximum absolute atomic E-state index is 11.8. The second kappa shape index (κ2) is 5.12. The van der Waals surface area contributed by atoms with Crippen molar-refractivity contribution in [2.45, 2.75) is 38.3 Å². The SMILES string of the molecule is NC1CCC(C(=O)NCc2ccon2)CC1. The molecule has 2 rings (SSSR count). The molecule has 1 aliphatic rings. The van der Waals surface area contributed by atoms with Gasteiger partial charge in [0.2, 0.25) is 5.91 Å². The summed E-state index contributed by atoms with van der Waals surface area (Å²) in [5.74, 6) is 0.224. The smallest absolute Gasteiger partial charge is 0.223 e. The summed E-state index contributed by atoms with van der Waals surface area (Å²) in [4.78, 5) is 11.8. The van der Waals surface area contributed by atoms with Crippen LogP contribution in [0.25, 0.3) is 0 Å². The van der Waals surface area contributed by atoms with Crippen LogP contribution in [0.5, 0.6) is 0 Å². The average molecular weight is 223 g/mol. The highest BCUT2D eigenvalue weighted by molar-refractivity contribution is 5.78. The van der Waals surface area contributed by atoms with E-state index in [4.69, 9.17) is 5.73 Å². The maximum atomic E-state index is 11.8. The van der Waals surface area contributed by atoms with Gasteiger partial charge in [0.25, 0.3) is 0 Å². The van der Waals surface area contributed by atoms with E-state index in [1.807, 2.05) is 0 Å². The zero-order valence-corrected chi connectivity index (χ0v) is 9.19. The zero-order valence-electron chi connectivity index (χ0n) is 9.19. The number of carbonyl (C=O) groups excluding carboxylic acids is 1. The third-order valence-corrected chi connectivity index (χ3v) is 3.08. The lowest BCUT2D eigenvalue weighted by Gasteiger charge is -2.24. The number of hydrogen-bond acceptors (Lipinski definition) is 4. The highest BCUT2D eigenvalue weighted by Crippen LogP contribution is 2.23. The number of amides is 1. The van der Waals surface area contributed by atoms with Crippen molar-refractivity contribution < 1.29 is 9.32 Å². The van der Waals surface area contributed by atoms with Gasteiger partial charge in [0.1, 0.15) is 12.0 Å². The van der Waals surface area contributed by atoms with Gasteiger partial charge in [-0.3, -0.25) is 4.79 Å². The fourth-order valence-corrected chi connectivity index (χ4v) is 2.03. The third-order valence-electron chi connectivity index (χ3n) is 3.08. The fraction of sp³-hybridized carbons (Fsp3) is 0.636. The van der Waals surface area contributed by atoms with E-state index in [1.165, 1.54) is 6.26 Å². The summed E-state index contributed by atoms with van der Waals surface area (Å²) in [5.41, 5.74) is 6.54. The van der Waals surface area contributed by atoms with Crippen molar-refractivity contribution in [3.63, 3.8) is 0 Å². The van der Waals surface area contributed by atoms with Gasteiger partial charge in [-0.05, 0) is 25.7 Å². The van der Waals surface area contributed by atoms with E-state index in [0.717, 1.165) is 31.4 Å². The van der Waals surface area contributed by atoms with Gasteiger partial charge in [0.15, 0.2) is 0 Å². The van der Waals surface area contributed by atoms with Gasteiger partial charge in [-0.2, -0.15) is 0 Å². The number of rotatable bonds is 3. The highest BCUT2D eigenvalue weighted by atomic mass is 16.5. The molecule has 0 atom stereocenters. The minimum absolute atomic E-state index is 0.106. The first-order chi connectivity index (χ1) is 7.75. The van der Waals surface area contributed by atoms with E-state index in [-0.39, 0.29) is 17.9 Å². The normalized spacial score (nSPS) is 25.3. The first-order valence-electron chi connectivity index (χ1n) is 5.68. The molecule has 0 bridgehead atoms. The zero-order chi connectivity index (χ0) is 11.4. The minimum atomic E-state index is 0.106. The summed E-state index contributed by atoms with van der Waals surface area (Å²) in [6.07, 6.45) is 5.18. The number of hydrogen-bond donors (Lipinski definition) is 2. The molecule has 1 heterocycles. The lowest BCUT2D eigenvalue weighted by atomic mass is 9.86. The maximum Gasteiger partial charge on any atom is 0.223 e. The van der Waals surface area contributed by atoms with Gasteiger partial charge in [-0.25, -0.2) is 0 Å². The van der Waals surface area contributed by atoms with E-state index < -0.39 is 0 Å². The molecule has 88 valence electrons. The number of aromatic nitrogens is 1. The van der Waals surface area contributed by atoms with Gasteiger partial charge in [0.05, 0.1) is 6.54 Å². The fourth-order valence-electron chi connectivity index (χ4n) is 2.03. The molecule has 0 saturated heterocycles. The average Bonchev–Trinajstić information content (AvgIpc) is 2.80. The standard InChI is InChI=1S/C11H17N3O2/c12-9-3-1-8(2-4-9)11(15)13-7-10-5-6-16-14-10/h5-6,8-9H,1-4,7,12H2,(H,13,15). The van der Waals surface area contributed by atoms with Crippen LogP contribution in [0.2, 0.25) is 0 Å². The van der Waals surface area contributed by atoms with Crippen LogP contribution in [-0.2, 0) is 11.3 Å². The Morgan fingerprint density at radius 3 is 2.88 bits per heavy atom. The molecule has 0 unspecified atom stereocenters. The molecule has 1 aromatic heterocycles. The molecule has 1 aromatic rings. The number of nitrogens with two attached hydrogens (primary N) is 1. The summed E-state index contributed by atoms with van der Waals surface area (Å²) in [7, 11) is 0. The number of nitrogens with one attached hydrogen (secondary N) is 1. The van der Waals surface area contributed by atoms with Crippen LogP contribution in [-0.4, -0.2) is 17.1 Å². The van der Waals surface area contributed by atoms with Crippen molar-refractivity contribution in [3.8, 4) is 0 Å². The molecular weight excluding hydrogens is 206 g/mol. The lowest BCUT2D eigenvalue weighted by molar-refractivity contribution is -0.126. The molecule has 16 heavy (non-hydrogen) atoms. The van der Waals surface area contributed by atoms with Crippen molar-refractivity contribution >= 4 is 5.91 Å². The predicted octanol–water partition coefficient (Wildman–Crippen LogP) is 0.808. The van der Waals surface area contributed by atoms with Crippen LogP contribution in [0.15, 0.2) is 16.9 Å². The Hall–Kier alpha value is -1.36. The molecule has 5 heteroatoms. The van der Waals surface area contributed by atoms with Crippen LogP contribution >= 0.6 is 0 Å². The monoisotopic (exact) mass is 223 g/mol. The molecule has 3 N–H and O–H groups in total. The Morgan fingerprint density at radius 2 is 2.25 bits per heavy atom. The predicted molar refractivity (Wildman–Crippen MR) is 58.3 cm³/mol. The first kappa shape index (κ1) is 11.1. The number of nitrogens with zero attached hydrogens (tertiary/aromatic N) is 1. The second-order valence-electron chi connectivity index (χ2n) is 4.32. The molecule has 1 fully saturated rings. The van der Waals surface area contributed by atoms with Gasteiger partial charge in [-0.15, -0.1) is 0 Å². The molecule has 5 nitrogen and oxygen atoms in total. The van der Waals surface area contributed by atoms with Gasteiger partial charge >= 0.3 is 0 Å². The minimum Gasteiger partial charge on any atom is -0.364 e.